The molecule has 0 saturated carbocycles. The number of carbonyl (C=O) groups excluding carboxylic acids is 3. The molecule has 5 rings (SSSR count). The predicted molar refractivity (Wildman–Crippen MR) is 170 cm³/mol. The summed E-state index contributed by atoms with van der Waals surface area (Å²) in [7, 11) is 0. The molecular formula is C34H43N3O5S. The van der Waals surface area contributed by atoms with E-state index in [0.717, 1.165) is 59.4 Å². The zero-order chi connectivity index (χ0) is 31.1. The maximum absolute atomic E-state index is 13.8. The van der Waals surface area contributed by atoms with Gasteiger partial charge < -0.3 is 14.8 Å². The number of rotatable bonds is 7. The third-order valence-corrected chi connectivity index (χ3v) is 10.0. The maximum Gasteiger partial charge on any atom is 0.341 e. The van der Waals surface area contributed by atoms with Crippen LogP contribution in [0.4, 0.5) is 5.00 Å². The van der Waals surface area contributed by atoms with E-state index < -0.39 is 23.9 Å². The molecule has 1 aliphatic heterocycles. The summed E-state index contributed by atoms with van der Waals surface area (Å²) in [5.74, 6) is -0.989. The average molecular weight is 606 g/mol. The van der Waals surface area contributed by atoms with Crippen molar-refractivity contribution < 1.29 is 23.9 Å². The molecule has 1 aliphatic carbocycles. The van der Waals surface area contributed by atoms with Crippen molar-refractivity contribution in [3.63, 3.8) is 0 Å². The Kier molecular flexibility index (Phi) is 8.95. The van der Waals surface area contributed by atoms with Crippen molar-refractivity contribution in [1.82, 2.24) is 9.88 Å². The number of hydrogen-bond donors (Lipinski definition) is 1. The molecular weight excluding hydrogens is 562 g/mol. The van der Waals surface area contributed by atoms with Crippen LogP contribution < -0.4 is 5.32 Å². The van der Waals surface area contributed by atoms with Gasteiger partial charge in [-0.1, -0.05) is 39.0 Å². The molecule has 9 heteroatoms. The second-order valence-corrected chi connectivity index (χ2v) is 14.1. The zero-order valence-corrected chi connectivity index (χ0v) is 27.2. The lowest BCUT2D eigenvalue weighted by Crippen LogP contribution is -2.37. The van der Waals surface area contributed by atoms with Gasteiger partial charge in [-0.2, -0.15) is 0 Å². The van der Waals surface area contributed by atoms with Crippen LogP contribution in [0.3, 0.4) is 0 Å². The molecule has 2 aromatic heterocycles. The summed E-state index contributed by atoms with van der Waals surface area (Å²) in [5.41, 5.74) is 4.51. The zero-order valence-electron chi connectivity index (χ0n) is 26.3. The first kappa shape index (κ1) is 31.1. The Morgan fingerprint density at radius 2 is 1.81 bits per heavy atom. The monoisotopic (exact) mass is 605 g/mol. The van der Waals surface area contributed by atoms with Gasteiger partial charge in [-0.15, -0.1) is 11.3 Å². The minimum Gasteiger partial charge on any atom is -0.462 e. The van der Waals surface area contributed by atoms with Gasteiger partial charge in [0.25, 0.3) is 5.91 Å². The van der Waals surface area contributed by atoms with Crippen molar-refractivity contribution >= 4 is 45.1 Å². The minimum absolute atomic E-state index is 0.139. The molecule has 2 unspecified atom stereocenters. The number of ether oxygens (including phenoxy) is 2. The Bertz CT molecular complexity index is 1550. The Morgan fingerprint density at radius 1 is 1.07 bits per heavy atom. The number of hydrogen-bond acceptors (Lipinski definition) is 8. The van der Waals surface area contributed by atoms with Gasteiger partial charge in [0, 0.05) is 47.1 Å². The van der Waals surface area contributed by atoms with E-state index >= 15 is 0 Å². The predicted octanol–water partition coefficient (Wildman–Crippen LogP) is 6.57. The SMILES string of the molecule is CCOC(=O)c1c(NC(=O)C(C)OC(=O)c2c3c(nc4ccccc24)CCN(C(C)C)C3)sc2c1CCC(C(C)(C)C)C2. The first-order chi connectivity index (χ1) is 20.4. The summed E-state index contributed by atoms with van der Waals surface area (Å²) < 4.78 is 11.2. The van der Waals surface area contributed by atoms with Gasteiger partial charge in [-0.25, -0.2) is 9.59 Å². The van der Waals surface area contributed by atoms with E-state index in [4.69, 9.17) is 14.5 Å². The molecule has 3 heterocycles. The van der Waals surface area contributed by atoms with Crippen molar-refractivity contribution in [1.29, 1.82) is 0 Å². The fourth-order valence-corrected chi connectivity index (χ4v) is 7.52. The van der Waals surface area contributed by atoms with E-state index in [1.807, 2.05) is 24.3 Å². The van der Waals surface area contributed by atoms with Gasteiger partial charge in [0.15, 0.2) is 6.10 Å². The fraction of sp³-hybridized carbons (Fsp3) is 0.529. The Hall–Kier alpha value is -3.30. The first-order valence-electron chi connectivity index (χ1n) is 15.4. The van der Waals surface area contributed by atoms with Crippen molar-refractivity contribution in [2.24, 2.45) is 11.3 Å². The van der Waals surface area contributed by atoms with Crippen LogP contribution in [0.1, 0.15) is 97.3 Å². The van der Waals surface area contributed by atoms with Crippen molar-refractivity contribution in [3.8, 4) is 0 Å². The Labute approximate surface area is 258 Å². The van der Waals surface area contributed by atoms with Gasteiger partial charge in [-0.05, 0) is 69.9 Å². The highest BCUT2D eigenvalue weighted by Crippen LogP contribution is 2.44. The van der Waals surface area contributed by atoms with Crippen LogP contribution in [0.15, 0.2) is 24.3 Å². The molecule has 0 saturated heterocycles. The summed E-state index contributed by atoms with van der Waals surface area (Å²) in [5, 5.41) is 4.10. The quantitative estimate of drug-likeness (QED) is 0.304. The van der Waals surface area contributed by atoms with Crippen LogP contribution in [0.5, 0.6) is 0 Å². The molecule has 1 aromatic carbocycles. The molecule has 1 N–H and O–H groups in total. The number of aromatic nitrogens is 1. The number of esters is 2. The molecule has 8 nitrogen and oxygen atoms in total. The summed E-state index contributed by atoms with van der Waals surface area (Å²) in [6.07, 6.45) is 2.24. The van der Waals surface area contributed by atoms with Crippen LogP contribution in [-0.4, -0.2) is 53.0 Å². The summed E-state index contributed by atoms with van der Waals surface area (Å²) in [4.78, 5) is 48.6. The molecule has 3 aromatic rings. The van der Waals surface area contributed by atoms with Gasteiger partial charge in [0.05, 0.1) is 23.3 Å². The van der Waals surface area contributed by atoms with Crippen molar-refractivity contribution in [3.05, 3.63) is 57.1 Å². The second-order valence-electron chi connectivity index (χ2n) is 13.0. The van der Waals surface area contributed by atoms with Crippen LogP contribution in [-0.2, 0) is 40.1 Å². The van der Waals surface area contributed by atoms with Gasteiger partial charge in [-0.3, -0.25) is 14.7 Å². The number of nitrogens with one attached hydrogen (secondary N) is 1. The molecule has 2 atom stereocenters. The standard InChI is InChI=1S/C34H43N3O5S/c1-8-41-32(39)29-23-14-13-21(34(5,6)7)17-27(23)43-31(29)36-30(38)20(4)42-33(40)28-22-11-9-10-12-25(22)35-26-15-16-37(19(2)3)18-24(26)28/h9-12,19-21H,8,13-18H2,1-7H3,(H,36,38). The molecule has 1 amide bonds. The number of para-hydroxylation sites is 1. The number of amides is 1. The third kappa shape index (κ3) is 6.34. The number of anilines is 1. The van der Waals surface area contributed by atoms with Crippen molar-refractivity contribution in [2.75, 3.05) is 18.5 Å². The third-order valence-electron chi connectivity index (χ3n) is 8.87. The summed E-state index contributed by atoms with van der Waals surface area (Å²) >= 11 is 1.43. The summed E-state index contributed by atoms with van der Waals surface area (Å²) in [6, 6.07) is 7.88. The Balaban J connectivity index is 1.41. The molecule has 2 aliphatic rings. The second kappa shape index (κ2) is 12.4. The highest BCUT2D eigenvalue weighted by molar-refractivity contribution is 7.17. The van der Waals surface area contributed by atoms with Crippen LogP contribution >= 0.6 is 11.3 Å². The molecule has 0 bridgehead atoms. The van der Waals surface area contributed by atoms with E-state index in [2.05, 4.69) is 44.8 Å². The molecule has 43 heavy (non-hydrogen) atoms. The average Bonchev–Trinajstić information content (AvgIpc) is 3.32. The lowest BCUT2D eigenvalue weighted by atomic mass is 9.72. The molecule has 0 fully saturated rings. The normalized spacial score (nSPS) is 17.7. The van der Waals surface area contributed by atoms with E-state index in [9.17, 15) is 14.4 Å². The van der Waals surface area contributed by atoms with Crippen LogP contribution in [0, 0.1) is 11.3 Å². The van der Waals surface area contributed by atoms with E-state index in [1.54, 1.807) is 13.8 Å². The van der Waals surface area contributed by atoms with E-state index in [-0.39, 0.29) is 12.0 Å². The van der Waals surface area contributed by atoms with Crippen LogP contribution in [0.2, 0.25) is 0 Å². The number of nitrogens with zero attached hydrogens (tertiary/aromatic N) is 2. The molecule has 0 spiro atoms. The van der Waals surface area contributed by atoms with Crippen LogP contribution in [0.25, 0.3) is 10.9 Å². The highest BCUT2D eigenvalue weighted by atomic mass is 32.1. The first-order valence-corrected chi connectivity index (χ1v) is 16.2. The molecule has 0 radical (unpaired) electrons. The van der Waals surface area contributed by atoms with Gasteiger partial charge in [0.2, 0.25) is 0 Å². The molecule has 230 valence electrons. The number of pyridine rings is 1. The number of benzene rings is 1. The number of thiophene rings is 1. The van der Waals surface area contributed by atoms with Gasteiger partial charge in [0.1, 0.15) is 5.00 Å². The van der Waals surface area contributed by atoms with E-state index in [0.29, 0.717) is 40.0 Å². The minimum atomic E-state index is -1.09. The number of fused-ring (bicyclic) bond motifs is 3. The van der Waals surface area contributed by atoms with Crippen molar-refractivity contribution in [2.45, 2.75) is 92.8 Å². The topological polar surface area (TPSA) is 97.8 Å². The highest BCUT2D eigenvalue weighted by Gasteiger charge is 2.35. The smallest absolute Gasteiger partial charge is 0.341 e. The fourth-order valence-electron chi connectivity index (χ4n) is 6.20. The summed E-state index contributed by atoms with van der Waals surface area (Å²) in [6.45, 7) is 16.0. The number of carbonyl (C=O) groups is 3. The lowest BCUT2D eigenvalue weighted by Gasteiger charge is -2.33. The lowest BCUT2D eigenvalue weighted by molar-refractivity contribution is -0.123. The van der Waals surface area contributed by atoms with E-state index in [1.165, 1.54) is 11.3 Å². The largest absolute Gasteiger partial charge is 0.462 e. The maximum atomic E-state index is 13.8. The Morgan fingerprint density at radius 3 is 2.51 bits per heavy atom. The van der Waals surface area contributed by atoms with Gasteiger partial charge >= 0.3 is 11.9 Å².